The molecule has 1 saturated heterocycles. The number of alkyl halides is 3. The Morgan fingerprint density at radius 3 is 2.86 bits per heavy atom. The Labute approximate surface area is 160 Å². The molecule has 6 nitrogen and oxygen atoms in total. The Bertz CT molecular complexity index is 821. The predicted octanol–water partition coefficient (Wildman–Crippen LogP) is 2.53. The zero-order valence-corrected chi connectivity index (χ0v) is 15.1. The summed E-state index contributed by atoms with van der Waals surface area (Å²) in [6, 6.07) is 4.92. The Balaban J connectivity index is 1.56. The maximum atomic E-state index is 12.9. The third-order valence-electron chi connectivity index (χ3n) is 4.77. The zero-order chi connectivity index (χ0) is 20.1. The molecule has 1 aromatic heterocycles. The van der Waals surface area contributed by atoms with Crippen molar-refractivity contribution in [3.63, 3.8) is 0 Å². The predicted molar refractivity (Wildman–Crippen MR) is 94.9 cm³/mol. The second-order valence-corrected chi connectivity index (χ2v) is 6.86. The van der Waals surface area contributed by atoms with Crippen LogP contribution in [0.25, 0.3) is 0 Å². The van der Waals surface area contributed by atoms with Crippen molar-refractivity contribution in [2.24, 2.45) is 5.92 Å². The van der Waals surface area contributed by atoms with E-state index in [2.05, 4.69) is 15.5 Å². The van der Waals surface area contributed by atoms with E-state index in [1.54, 1.807) is 18.5 Å². The Hall–Kier alpha value is -2.84. The molecule has 0 saturated carbocycles. The van der Waals surface area contributed by atoms with Crippen molar-refractivity contribution in [1.29, 1.82) is 0 Å². The van der Waals surface area contributed by atoms with Gasteiger partial charge in [-0.1, -0.05) is 12.1 Å². The molecule has 3 rings (SSSR count). The second kappa shape index (κ2) is 8.45. The average Bonchev–Trinajstić information content (AvgIpc) is 3.16. The number of hydrogen-bond donors (Lipinski definition) is 2. The number of carbonyl (C=O) groups is 2. The number of aromatic nitrogens is 2. The molecular formula is C19H21F3N4O2. The van der Waals surface area contributed by atoms with Crippen molar-refractivity contribution >= 4 is 11.8 Å². The fourth-order valence-corrected chi connectivity index (χ4v) is 3.24. The van der Waals surface area contributed by atoms with Crippen LogP contribution in [0.5, 0.6) is 0 Å². The molecule has 2 heterocycles. The van der Waals surface area contributed by atoms with Crippen LogP contribution in [0.15, 0.2) is 36.7 Å². The van der Waals surface area contributed by atoms with E-state index in [0.717, 1.165) is 17.7 Å². The monoisotopic (exact) mass is 394 g/mol. The first-order valence-electron chi connectivity index (χ1n) is 9.02. The van der Waals surface area contributed by atoms with E-state index in [9.17, 15) is 22.8 Å². The van der Waals surface area contributed by atoms with Crippen molar-refractivity contribution in [3.05, 3.63) is 53.3 Å². The number of amides is 2. The van der Waals surface area contributed by atoms with Gasteiger partial charge in [0.1, 0.15) is 0 Å². The minimum atomic E-state index is -4.43. The van der Waals surface area contributed by atoms with Crippen molar-refractivity contribution in [2.75, 3.05) is 13.1 Å². The van der Waals surface area contributed by atoms with Crippen LogP contribution in [0.4, 0.5) is 13.2 Å². The fraction of sp³-hybridized carbons (Fsp3) is 0.421. The fourth-order valence-electron chi connectivity index (χ4n) is 3.24. The number of nitrogens with one attached hydrogen (secondary N) is 2. The largest absolute Gasteiger partial charge is 0.416 e. The molecule has 0 aliphatic carbocycles. The molecule has 2 N–H and O–H groups in total. The number of aromatic amines is 1. The minimum absolute atomic E-state index is 0.0571. The van der Waals surface area contributed by atoms with Gasteiger partial charge in [-0.2, -0.15) is 18.3 Å². The smallest absolute Gasteiger partial charge is 0.355 e. The third kappa shape index (κ3) is 5.11. The van der Waals surface area contributed by atoms with E-state index in [1.807, 2.05) is 0 Å². The molecule has 1 aliphatic heterocycles. The highest BCUT2D eigenvalue weighted by Crippen LogP contribution is 2.30. The lowest BCUT2D eigenvalue weighted by Crippen LogP contribution is -2.45. The molecule has 1 aliphatic rings. The summed E-state index contributed by atoms with van der Waals surface area (Å²) in [5, 5.41) is 9.39. The topological polar surface area (TPSA) is 78.1 Å². The summed E-state index contributed by atoms with van der Waals surface area (Å²) in [7, 11) is 0. The van der Waals surface area contributed by atoms with Crippen molar-refractivity contribution in [3.8, 4) is 0 Å². The average molecular weight is 394 g/mol. The molecule has 28 heavy (non-hydrogen) atoms. The van der Waals surface area contributed by atoms with E-state index in [1.165, 1.54) is 11.0 Å². The van der Waals surface area contributed by atoms with Crippen LogP contribution in [0.3, 0.4) is 0 Å². The van der Waals surface area contributed by atoms with E-state index in [-0.39, 0.29) is 37.2 Å². The first kappa shape index (κ1) is 19.9. The summed E-state index contributed by atoms with van der Waals surface area (Å²) in [6.45, 7) is 0.713. The lowest BCUT2D eigenvalue weighted by atomic mass is 9.96. The normalized spacial score (nSPS) is 17.6. The van der Waals surface area contributed by atoms with Gasteiger partial charge < -0.3 is 10.2 Å². The number of benzene rings is 1. The summed E-state index contributed by atoms with van der Waals surface area (Å²) in [5.74, 6) is -0.669. The summed E-state index contributed by atoms with van der Waals surface area (Å²) in [6.07, 6.45) is 0.292. The molecule has 0 radical (unpaired) electrons. The Morgan fingerprint density at radius 1 is 1.32 bits per heavy atom. The van der Waals surface area contributed by atoms with Crippen LogP contribution >= 0.6 is 0 Å². The third-order valence-corrected chi connectivity index (χ3v) is 4.77. The standard InChI is InChI=1S/C19H21F3N4O2/c20-19(21,22)16-3-1-2-13(8-16)11-26-12-15(4-5-17(26)27)18(28)23-7-6-14-9-24-25-10-14/h1-3,8-10,15H,4-7,11-12H2,(H,23,28)(H,24,25). The Kier molecular flexibility index (Phi) is 6.01. The summed E-state index contributed by atoms with van der Waals surface area (Å²) < 4.78 is 38.6. The number of hydrogen-bond acceptors (Lipinski definition) is 3. The first-order chi connectivity index (χ1) is 13.3. The van der Waals surface area contributed by atoms with Gasteiger partial charge >= 0.3 is 6.18 Å². The molecule has 2 amide bonds. The highest BCUT2D eigenvalue weighted by atomic mass is 19.4. The van der Waals surface area contributed by atoms with E-state index in [4.69, 9.17) is 0 Å². The quantitative estimate of drug-likeness (QED) is 0.790. The SMILES string of the molecule is O=C(NCCc1cn[nH]c1)C1CCC(=O)N(Cc2cccc(C(F)(F)F)c2)C1. The molecule has 1 aromatic carbocycles. The lowest BCUT2D eigenvalue weighted by molar-refractivity contribution is -0.139. The van der Waals surface area contributed by atoms with Crippen molar-refractivity contribution in [1.82, 2.24) is 20.4 Å². The van der Waals surface area contributed by atoms with Gasteiger partial charge in [0.15, 0.2) is 0 Å². The number of rotatable bonds is 6. The molecule has 1 unspecified atom stereocenters. The summed E-state index contributed by atoms with van der Waals surface area (Å²) in [5.41, 5.74) is 0.623. The molecular weight excluding hydrogens is 373 g/mol. The molecule has 150 valence electrons. The molecule has 2 aromatic rings. The molecule has 9 heteroatoms. The van der Waals surface area contributed by atoms with Crippen molar-refractivity contribution < 1.29 is 22.8 Å². The van der Waals surface area contributed by atoms with Gasteiger partial charge in [0.25, 0.3) is 0 Å². The van der Waals surface area contributed by atoms with Crippen LogP contribution in [-0.4, -0.2) is 40.0 Å². The number of nitrogens with zero attached hydrogens (tertiary/aromatic N) is 2. The minimum Gasteiger partial charge on any atom is -0.355 e. The van der Waals surface area contributed by atoms with Gasteiger partial charge in [-0.05, 0) is 36.1 Å². The van der Waals surface area contributed by atoms with Crippen LogP contribution in [-0.2, 0) is 28.7 Å². The summed E-state index contributed by atoms with van der Waals surface area (Å²) >= 11 is 0. The number of piperidine rings is 1. The molecule has 0 spiro atoms. The van der Waals surface area contributed by atoms with Crippen molar-refractivity contribution in [2.45, 2.75) is 32.0 Å². The molecule has 0 bridgehead atoms. The van der Waals surface area contributed by atoms with Gasteiger partial charge in [0.05, 0.1) is 17.7 Å². The maximum Gasteiger partial charge on any atom is 0.416 e. The zero-order valence-electron chi connectivity index (χ0n) is 15.1. The van der Waals surface area contributed by atoms with Crippen LogP contribution in [0, 0.1) is 5.92 Å². The van der Waals surface area contributed by atoms with Crippen LogP contribution < -0.4 is 5.32 Å². The maximum absolute atomic E-state index is 12.9. The van der Waals surface area contributed by atoms with Crippen LogP contribution in [0.2, 0.25) is 0 Å². The number of likely N-dealkylation sites (tertiary alicyclic amines) is 1. The molecule has 1 atom stereocenters. The van der Waals surface area contributed by atoms with E-state index in [0.29, 0.717) is 24.9 Å². The van der Waals surface area contributed by atoms with Crippen LogP contribution in [0.1, 0.15) is 29.5 Å². The molecule has 1 fully saturated rings. The highest BCUT2D eigenvalue weighted by Gasteiger charge is 2.32. The number of H-pyrrole nitrogens is 1. The number of carbonyl (C=O) groups excluding carboxylic acids is 2. The second-order valence-electron chi connectivity index (χ2n) is 6.86. The van der Waals surface area contributed by atoms with Gasteiger partial charge in [0, 0.05) is 32.3 Å². The Morgan fingerprint density at radius 2 is 2.14 bits per heavy atom. The van der Waals surface area contributed by atoms with Gasteiger partial charge in [-0.15, -0.1) is 0 Å². The summed E-state index contributed by atoms with van der Waals surface area (Å²) in [4.78, 5) is 26.0. The van der Waals surface area contributed by atoms with Gasteiger partial charge in [-0.25, -0.2) is 0 Å². The van der Waals surface area contributed by atoms with Gasteiger partial charge in [-0.3, -0.25) is 14.7 Å². The number of halogens is 3. The van der Waals surface area contributed by atoms with Gasteiger partial charge in [0.2, 0.25) is 11.8 Å². The highest BCUT2D eigenvalue weighted by molar-refractivity contribution is 5.83. The van der Waals surface area contributed by atoms with E-state index < -0.39 is 11.7 Å². The first-order valence-corrected chi connectivity index (χ1v) is 9.02. The van der Waals surface area contributed by atoms with E-state index >= 15 is 0 Å². The lowest BCUT2D eigenvalue weighted by Gasteiger charge is -2.32.